The highest BCUT2D eigenvalue weighted by molar-refractivity contribution is 8.00. The third-order valence-corrected chi connectivity index (χ3v) is 3.63. The molecule has 0 aromatic heterocycles. The maximum atomic E-state index is 11.4. The minimum absolute atomic E-state index is 0.247. The van der Waals surface area contributed by atoms with Gasteiger partial charge in [-0.05, 0) is 32.0 Å². The van der Waals surface area contributed by atoms with Gasteiger partial charge in [-0.15, -0.1) is 11.8 Å². The molecule has 1 rings (SSSR count). The Balaban J connectivity index is 2.72. The Morgan fingerprint density at radius 3 is 2.81 bits per heavy atom. The second-order valence-electron chi connectivity index (χ2n) is 3.09. The third kappa shape index (κ3) is 3.89. The zero-order valence-corrected chi connectivity index (χ0v) is 11.3. The van der Waals surface area contributed by atoms with Gasteiger partial charge in [-0.25, -0.2) is 0 Å². The van der Waals surface area contributed by atoms with Crippen molar-refractivity contribution < 1.29 is 9.53 Å². The first-order valence-electron chi connectivity index (χ1n) is 4.83. The standard InChI is InChI=1S/C11H12Cl2O2S/c1-3-15-11(14)7(2)16-10-6-8(12)4-5-9(10)13/h4-7H,3H2,1-2H3/t7-/m0/s1. The summed E-state index contributed by atoms with van der Waals surface area (Å²) in [6.07, 6.45) is 0. The molecule has 0 saturated carbocycles. The number of ether oxygens (including phenoxy) is 1. The Morgan fingerprint density at radius 1 is 1.50 bits per heavy atom. The van der Waals surface area contributed by atoms with Gasteiger partial charge in [0.2, 0.25) is 0 Å². The van der Waals surface area contributed by atoms with Gasteiger partial charge in [0.15, 0.2) is 0 Å². The Bertz CT molecular complexity index is 382. The van der Waals surface area contributed by atoms with Crippen LogP contribution in [-0.4, -0.2) is 17.8 Å². The Kier molecular flexibility index (Phi) is 5.46. The lowest BCUT2D eigenvalue weighted by molar-refractivity contribution is -0.142. The summed E-state index contributed by atoms with van der Waals surface area (Å²) in [7, 11) is 0. The summed E-state index contributed by atoms with van der Waals surface area (Å²) in [6, 6.07) is 5.16. The Morgan fingerprint density at radius 2 is 2.19 bits per heavy atom. The fraction of sp³-hybridized carbons (Fsp3) is 0.364. The van der Waals surface area contributed by atoms with Gasteiger partial charge in [-0.2, -0.15) is 0 Å². The van der Waals surface area contributed by atoms with Crippen LogP contribution in [0.3, 0.4) is 0 Å². The SMILES string of the molecule is CCOC(=O)[C@H](C)Sc1cc(Cl)ccc1Cl. The average Bonchev–Trinajstić information content (AvgIpc) is 2.23. The van der Waals surface area contributed by atoms with Crippen molar-refractivity contribution in [3.8, 4) is 0 Å². The van der Waals surface area contributed by atoms with E-state index in [1.807, 2.05) is 0 Å². The number of esters is 1. The van der Waals surface area contributed by atoms with Gasteiger partial charge in [0.1, 0.15) is 5.25 Å². The molecule has 88 valence electrons. The van der Waals surface area contributed by atoms with Crippen molar-refractivity contribution in [3.63, 3.8) is 0 Å². The molecular weight excluding hydrogens is 267 g/mol. The molecule has 0 aliphatic heterocycles. The maximum Gasteiger partial charge on any atom is 0.319 e. The van der Waals surface area contributed by atoms with Crippen molar-refractivity contribution in [1.82, 2.24) is 0 Å². The molecule has 0 bridgehead atoms. The summed E-state index contributed by atoms with van der Waals surface area (Å²) in [4.78, 5) is 12.2. The van der Waals surface area contributed by atoms with Gasteiger partial charge in [-0.3, -0.25) is 4.79 Å². The zero-order valence-electron chi connectivity index (χ0n) is 9.00. The van der Waals surface area contributed by atoms with Crippen LogP contribution >= 0.6 is 35.0 Å². The molecule has 0 radical (unpaired) electrons. The fourth-order valence-electron chi connectivity index (χ4n) is 1.07. The van der Waals surface area contributed by atoms with E-state index in [0.717, 1.165) is 4.90 Å². The molecule has 0 aliphatic carbocycles. The molecule has 0 heterocycles. The summed E-state index contributed by atoms with van der Waals surface area (Å²) in [5, 5.41) is 0.893. The molecule has 1 atom stereocenters. The normalized spacial score (nSPS) is 12.2. The highest BCUT2D eigenvalue weighted by atomic mass is 35.5. The lowest BCUT2D eigenvalue weighted by Crippen LogP contribution is -2.16. The smallest absolute Gasteiger partial charge is 0.319 e. The Hall–Kier alpha value is -0.380. The van der Waals surface area contributed by atoms with Gasteiger partial charge in [0.25, 0.3) is 0 Å². The first kappa shape index (κ1) is 13.7. The van der Waals surface area contributed by atoms with Crippen LogP contribution in [0.2, 0.25) is 10.0 Å². The van der Waals surface area contributed by atoms with Crippen molar-refractivity contribution >= 4 is 40.9 Å². The lowest BCUT2D eigenvalue weighted by Gasteiger charge is -2.11. The van der Waals surface area contributed by atoms with Gasteiger partial charge < -0.3 is 4.74 Å². The van der Waals surface area contributed by atoms with Crippen LogP contribution in [0.1, 0.15) is 13.8 Å². The molecule has 1 aromatic rings. The van der Waals surface area contributed by atoms with Crippen molar-refractivity contribution in [2.75, 3.05) is 6.61 Å². The van der Waals surface area contributed by atoms with E-state index < -0.39 is 0 Å². The summed E-state index contributed by atoms with van der Waals surface area (Å²) in [5.41, 5.74) is 0. The minimum Gasteiger partial charge on any atom is -0.465 e. The minimum atomic E-state index is -0.295. The molecule has 0 amide bonds. The molecule has 5 heteroatoms. The predicted molar refractivity (Wildman–Crippen MR) is 68.4 cm³/mol. The predicted octanol–water partition coefficient (Wildman–Crippen LogP) is 4.04. The molecule has 0 saturated heterocycles. The monoisotopic (exact) mass is 278 g/mol. The van der Waals surface area contributed by atoms with E-state index in [9.17, 15) is 4.79 Å². The molecular formula is C11H12Cl2O2S. The number of hydrogen-bond acceptors (Lipinski definition) is 3. The van der Waals surface area contributed by atoms with Crippen LogP contribution in [0, 0.1) is 0 Å². The number of carbonyl (C=O) groups is 1. The molecule has 0 spiro atoms. The second kappa shape index (κ2) is 6.38. The van der Waals surface area contributed by atoms with Gasteiger partial charge >= 0.3 is 5.97 Å². The number of thioether (sulfide) groups is 1. The highest BCUT2D eigenvalue weighted by Gasteiger charge is 2.16. The third-order valence-electron chi connectivity index (χ3n) is 1.82. The van der Waals surface area contributed by atoms with Crippen LogP contribution in [0.5, 0.6) is 0 Å². The first-order chi connectivity index (χ1) is 7.54. The van der Waals surface area contributed by atoms with E-state index in [4.69, 9.17) is 27.9 Å². The molecule has 16 heavy (non-hydrogen) atoms. The first-order valence-corrected chi connectivity index (χ1v) is 6.46. The summed E-state index contributed by atoms with van der Waals surface area (Å²) in [5.74, 6) is -0.247. The molecule has 1 aromatic carbocycles. The van der Waals surface area contributed by atoms with Gasteiger partial charge in [0.05, 0.1) is 11.6 Å². The molecule has 2 nitrogen and oxygen atoms in total. The van der Waals surface area contributed by atoms with Crippen LogP contribution in [0.4, 0.5) is 0 Å². The van der Waals surface area contributed by atoms with E-state index in [1.54, 1.807) is 32.0 Å². The summed E-state index contributed by atoms with van der Waals surface area (Å²) < 4.78 is 4.91. The Labute approximate surface area is 109 Å². The van der Waals surface area contributed by atoms with E-state index in [0.29, 0.717) is 16.7 Å². The molecule has 0 fully saturated rings. The van der Waals surface area contributed by atoms with Gasteiger partial charge in [-0.1, -0.05) is 23.2 Å². The fourth-order valence-corrected chi connectivity index (χ4v) is 2.47. The number of benzene rings is 1. The van der Waals surface area contributed by atoms with Gasteiger partial charge in [0, 0.05) is 9.92 Å². The summed E-state index contributed by atoms with van der Waals surface area (Å²) >= 11 is 13.2. The maximum absolute atomic E-state index is 11.4. The van der Waals surface area contributed by atoms with E-state index >= 15 is 0 Å². The topological polar surface area (TPSA) is 26.3 Å². The largest absolute Gasteiger partial charge is 0.465 e. The van der Waals surface area contributed by atoms with Crippen LogP contribution in [-0.2, 0) is 9.53 Å². The second-order valence-corrected chi connectivity index (χ2v) is 5.31. The highest BCUT2D eigenvalue weighted by Crippen LogP contribution is 2.32. The molecule has 0 aliphatic rings. The van der Waals surface area contributed by atoms with Crippen molar-refractivity contribution in [2.24, 2.45) is 0 Å². The van der Waals surface area contributed by atoms with Crippen molar-refractivity contribution in [1.29, 1.82) is 0 Å². The zero-order chi connectivity index (χ0) is 12.1. The molecule has 0 N–H and O–H groups in total. The molecule has 0 unspecified atom stereocenters. The van der Waals surface area contributed by atoms with E-state index in [-0.39, 0.29) is 11.2 Å². The number of rotatable bonds is 4. The van der Waals surface area contributed by atoms with Crippen LogP contribution in [0.25, 0.3) is 0 Å². The average molecular weight is 279 g/mol. The van der Waals surface area contributed by atoms with Crippen LogP contribution in [0.15, 0.2) is 23.1 Å². The lowest BCUT2D eigenvalue weighted by atomic mass is 10.4. The quantitative estimate of drug-likeness (QED) is 0.614. The van der Waals surface area contributed by atoms with E-state index in [1.165, 1.54) is 11.8 Å². The summed E-state index contributed by atoms with van der Waals surface area (Å²) in [6.45, 7) is 3.94. The number of halogens is 2. The van der Waals surface area contributed by atoms with Crippen LogP contribution < -0.4 is 0 Å². The van der Waals surface area contributed by atoms with E-state index in [2.05, 4.69) is 0 Å². The number of carbonyl (C=O) groups excluding carboxylic acids is 1. The van der Waals surface area contributed by atoms with Crippen molar-refractivity contribution in [3.05, 3.63) is 28.2 Å². The number of hydrogen-bond donors (Lipinski definition) is 0. The van der Waals surface area contributed by atoms with Crippen molar-refractivity contribution in [2.45, 2.75) is 24.0 Å².